The molecule has 6 heteroatoms. The normalized spacial score (nSPS) is 12.0. The van der Waals surface area contributed by atoms with Gasteiger partial charge in [0.1, 0.15) is 12.7 Å². The molecular weight excluding hydrogens is 550 g/mol. The molecule has 0 heterocycles. The van der Waals surface area contributed by atoms with Gasteiger partial charge in [0.05, 0.1) is 13.0 Å². The van der Waals surface area contributed by atoms with Gasteiger partial charge in [-0.15, -0.1) is 0 Å². The maximum absolute atomic E-state index is 12.2. The molecule has 0 fully saturated rings. The molecule has 44 heavy (non-hydrogen) atoms. The van der Waals surface area contributed by atoms with Crippen molar-refractivity contribution in [2.45, 2.75) is 200 Å². The third-order valence-electron chi connectivity index (χ3n) is 8.36. The highest BCUT2D eigenvalue weighted by Crippen LogP contribution is 2.14. The molecule has 0 aliphatic rings. The number of hydrogen-bond acceptors (Lipinski definition) is 5. The van der Waals surface area contributed by atoms with Crippen molar-refractivity contribution in [3.05, 3.63) is 0 Å². The van der Waals surface area contributed by atoms with Crippen LogP contribution in [-0.4, -0.2) is 51.0 Å². The summed E-state index contributed by atoms with van der Waals surface area (Å²) in [4.78, 5) is 24.0. The van der Waals surface area contributed by atoms with E-state index >= 15 is 0 Å². The number of esters is 1. The van der Waals surface area contributed by atoms with Crippen LogP contribution in [0.4, 0.5) is 0 Å². The van der Waals surface area contributed by atoms with Gasteiger partial charge in [-0.25, -0.2) is 0 Å². The molecule has 0 saturated carbocycles. The predicted molar refractivity (Wildman–Crippen MR) is 186 cm³/mol. The minimum atomic E-state index is -0.350. The van der Waals surface area contributed by atoms with Crippen LogP contribution in [0.25, 0.3) is 0 Å². The Hall–Kier alpha value is -1.14. The van der Waals surface area contributed by atoms with E-state index in [4.69, 9.17) is 14.2 Å². The molecule has 0 aromatic rings. The lowest BCUT2D eigenvalue weighted by atomic mass is 10.1. The smallest absolute Gasteiger partial charge is 0.306 e. The predicted octanol–water partition coefficient (Wildman–Crippen LogP) is 10.6. The molecule has 0 saturated heterocycles. The van der Waals surface area contributed by atoms with Gasteiger partial charge < -0.3 is 19.5 Å². The van der Waals surface area contributed by atoms with E-state index in [0.29, 0.717) is 19.8 Å². The molecule has 1 N–H and O–H groups in total. The van der Waals surface area contributed by atoms with Crippen LogP contribution in [0.2, 0.25) is 0 Å². The van der Waals surface area contributed by atoms with Crippen LogP contribution in [-0.2, 0) is 23.8 Å². The van der Waals surface area contributed by atoms with E-state index < -0.39 is 0 Å². The third kappa shape index (κ3) is 33.7. The molecule has 1 unspecified atom stereocenters. The van der Waals surface area contributed by atoms with Crippen LogP contribution in [0.3, 0.4) is 0 Å². The Morgan fingerprint density at radius 3 is 1.39 bits per heavy atom. The van der Waals surface area contributed by atoms with Gasteiger partial charge in [0.2, 0.25) is 5.91 Å². The fourth-order valence-corrected chi connectivity index (χ4v) is 5.42. The lowest BCUT2D eigenvalue weighted by Gasteiger charge is -2.18. The second-order valence-electron chi connectivity index (χ2n) is 12.9. The summed E-state index contributed by atoms with van der Waals surface area (Å²) in [6.07, 6.45) is 32.6. The molecule has 0 aromatic heterocycles. The summed E-state index contributed by atoms with van der Waals surface area (Å²) in [6, 6.07) is 0. The minimum Gasteiger partial charge on any atom is -0.463 e. The van der Waals surface area contributed by atoms with Crippen LogP contribution < -0.4 is 5.32 Å². The Bertz CT molecular complexity index is 600. The molecule has 0 aromatic carbocycles. The first kappa shape index (κ1) is 42.9. The van der Waals surface area contributed by atoms with Crippen LogP contribution in [0, 0.1) is 0 Å². The summed E-state index contributed by atoms with van der Waals surface area (Å²) in [5, 5.41) is 2.80. The Morgan fingerprint density at radius 1 is 0.500 bits per heavy atom. The summed E-state index contributed by atoms with van der Waals surface area (Å²) in [5.74, 6) is -0.453. The first-order valence-electron chi connectivity index (χ1n) is 19.3. The van der Waals surface area contributed by atoms with E-state index in [1.54, 1.807) is 0 Å². The van der Waals surface area contributed by atoms with Gasteiger partial charge in [-0.05, 0) is 19.3 Å². The van der Waals surface area contributed by atoms with Crippen molar-refractivity contribution in [1.29, 1.82) is 0 Å². The lowest BCUT2D eigenvalue weighted by Crippen LogP contribution is -2.29. The Balaban J connectivity index is 4.05. The number of hydrogen-bond donors (Lipinski definition) is 1. The van der Waals surface area contributed by atoms with Crippen LogP contribution in [0.1, 0.15) is 194 Å². The van der Waals surface area contributed by atoms with Crippen molar-refractivity contribution in [3.8, 4) is 0 Å². The summed E-state index contributed by atoms with van der Waals surface area (Å²) < 4.78 is 17.5. The highest BCUT2D eigenvalue weighted by molar-refractivity contribution is 5.81. The van der Waals surface area contributed by atoms with Crippen LogP contribution in [0.5, 0.6) is 0 Å². The monoisotopic (exact) mass is 626 g/mol. The Morgan fingerprint density at radius 2 is 0.932 bits per heavy atom. The lowest BCUT2D eigenvalue weighted by molar-refractivity contribution is -0.150. The molecule has 1 amide bonds. The molecule has 0 radical (unpaired) electrons. The summed E-state index contributed by atoms with van der Waals surface area (Å²) >= 11 is 0. The van der Waals surface area contributed by atoms with Crippen LogP contribution in [0.15, 0.2) is 0 Å². The largest absolute Gasteiger partial charge is 0.463 e. The van der Waals surface area contributed by atoms with Crippen molar-refractivity contribution in [2.24, 2.45) is 0 Å². The van der Waals surface area contributed by atoms with Gasteiger partial charge in [-0.1, -0.05) is 162 Å². The molecule has 0 spiro atoms. The van der Waals surface area contributed by atoms with E-state index in [2.05, 4.69) is 19.2 Å². The highest BCUT2D eigenvalue weighted by atomic mass is 16.6. The van der Waals surface area contributed by atoms with E-state index in [-0.39, 0.29) is 37.4 Å². The van der Waals surface area contributed by atoms with E-state index in [1.165, 1.54) is 141 Å². The van der Waals surface area contributed by atoms with Crippen molar-refractivity contribution in [3.63, 3.8) is 0 Å². The van der Waals surface area contributed by atoms with Gasteiger partial charge >= 0.3 is 5.97 Å². The molecule has 262 valence electrons. The van der Waals surface area contributed by atoms with Gasteiger partial charge in [0.15, 0.2) is 0 Å². The second kappa shape index (κ2) is 36.3. The Labute approximate surface area is 273 Å². The molecule has 6 nitrogen and oxygen atoms in total. The summed E-state index contributed by atoms with van der Waals surface area (Å²) in [7, 11) is 0. The van der Waals surface area contributed by atoms with Gasteiger partial charge in [0.25, 0.3) is 0 Å². The topological polar surface area (TPSA) is 73.9 Å². The van der Waals surface area contributed by atoms with E-state index in [9.17, 15) is 9.59 Å². The fourth-order valence-electron chi connectivity index (χ4n) is 5.42. The average molecular weight is 626 g/mol. The second-order valence-corrected chi connectivity index (χ2v) is 12.9. The molecule has 0 aliphatic carbocycles. The number of ether oxygens (including phenoxy) is 3. The zero-order chi connectivity index (χ0) is 32.2. The molecule has 1 atom stereocenters. The maximum atomic E-state index is 12.2. The average Bonchev–Trinajstić information content (AvgIpc) is 3.03. The minimum absolute atomic E-state index is 0.0979. The first-order valence-corrected chi connectivity index (χ1v) is 19.3. The first-order chi connectivity index (χ1) is 21.6. The number of unbranched alkanes of at least 4 members (excludes halogenated alkanes) is 22. The maximum Gasteiger partial charge on any atom is 0.306 e. The zero-order valence-corrected chi connectivity index (χ0v) is 29.7. The standard InChI is InChI=1S/C38H75NO5/c1-4-7-9-11-13-15-17-19-21-23-25-27-32-42-34-36(35-44-38(41)30-29-37(40)39-31-6-3)43-33-28-26-24-22-20-18-16-14-12-10-8-5-2/h36H,4-35H2,1-3H3,(H,39,40). The summed E-state index contributed by atoms with van der Waals surface area (Å²) in [6.45, 7) is 9.21. The highest BCUT2D eigenvalue weighted by Gasteiger charge is 2.14. The van der Waals surface area contributed by atoms with Gasteiger partial charge in [0, 0.05) is 26.2 Å². The number of carbonyl (C=O) groups excluding carboxylic acids is 2. The molecular formula is C38H75NO5. The van der Waals surface area contributed by atoms with Gasteiger partial charge in [-0.3, -0.25) is 9.59 Å². The van der Waals surface area contributed by atoms with Crippen molar-refractivity contribution in [1.82, 2.24) is 5.32 Å². The van der Waals surface area contributed by atoms with Crippen molar-refractivity contribution >= 4 is 11.9 Å². The van der Waals surface area contributed by atoms with E-state index in [1.807, 2.05) is 6.92 Å². The number of amides is 1. The SMILES string of the molecule is CCCCCCCCCCCCCCOCC(COC(=O)CCC(=O)NCCC)OCCCCCCCCCCCCCC. The zero-order valence-electron chi connectivity index (χ0n) is 29.7. The molecule has 0 bridgehead atoms. The van der Waals surface area contributed by atoms with Crippen LogP contribution >= 0.6 is 0 Å². The summed E-state index contributed by atoms with van der Waals surface area (Å²) in [5.41, 5.74) is 0. The quantitative estimate of drug-likeness (QED) is 0.0554. The number of carbonyl (C=O) groups is 2. The Kier molecular flexibility index (Phi) is 35.4. The fraction of sp³-hybridized carbons (Fsp3) is 0.947. The van der Waals surface area contributed by atoms with Gasteiger partial charge in [-0.2, -0.15) is 0 Å². The van der Waals surface area contributed by atoms with Crippen molar-refractivity contribution < 1.29 is 23.8 Å². The number of nitrogens with one attached hydrogen (secondary N) is 1. The third-order valence-corrected chi connectivity index (χ3v) is 8.36. The van der Waals surface area contributed by atoms with Crippen molar-refractivity contribution in [2.75, 3.05) is 33.0 Å². The van der Waals surface area contributed by atoms with E-state index in [0.717, 1.165) is 25.9 Å². The number of rotatable bonds is 36. The molecule has 0 rings (SSSR count). The molecule has 0 aliphatic heterocycles.